The van der Waals surface area contributed by atoms with Crippen LogP contribution in [0.4, 0.5) is 5.69 Å². The highest BCUT2D eigenvalue weighted by Crippen LogP contribution is 2.28. The van der Waals surface area contributed by atoms with E-state index in [1.807, 2.05) is 25.1 Å². The van der Waals surface area contributed by atoms with Gasteiger partial charge in [0.25, 0.3) is 0 Å². The summed E-state index contributed by atoms with van der Waals surface area (Å²) in [5.74, 6) is 0.566. The highest BCUT2D eigenvalue weighted by atomic mass is 35.5. The molecular weight excluding hydrogens is 278 g/mol. The highest BCUT2D eigenvalue weighted by Gasteiger charge is 2.15. The molecule has 0 spiro atoms. The van der Waals surface area contributed by atoms with Gasteiger partial charge in [-0.3, -0.25) is 4.79 Å². The molecule has 1 fully saturated rings. The van der Waals surface area contributed by atoms with Crippen molar-refractivity contribution in [3.8, 4) is 0 Å². The van der Waals surface area contributed by atoms with Crippen LogP contribution in [0.3, 0.4) is 0 Å². The smallest absolute Gasteiger partial charge is 0.234 e. The molecule has 1 aromatic rings. The average Bonchev–Trinajstić information content (AvgIpc) is 2.41. The molecule has 2 rings (SSSR count). The van der Waals surface area contributed by atoms with E-state index in [0.29, 0.717) is 21.7 Å². The molecule has 19 heavy (non-hydrogen) atoms. The molecule has 1 aromatic carbocycles. The second-order valence-corrected chi connectivity index (χ2v) is 6.80. The summed E-state index contributed by atoms with van der Waals surface area (Å²) in [6.45, 7) is 1.98. The zero-order valence-electron chi connectivity index (χ0n) is 11.2. The molecule has 1 saturated carbocycles. The van der Waals surface area contributed by atoms with Crippen molar-refractivity contribution < 1.29 is 4.79 Å². The van der Waals surface area contributed by atoms with E-state index >= 15 is 0 Å². The minimum absolute atomic E-state index is 0.0429. The van der Waals surface area contributed by atoms with Crippen molar-refractivity contribution in [3.05, 3.63) is 28.8 Å². The van der Waals surface area contributed by atoms with Crippen LogP contribution in [-0.4, -0.2) is 16.9 Å². The van der Waals surface area contributed by atoms with Crippen LogP contribution in [0.2, 0.25) is 5.02 Å². The van der Waals surface area contributed by atoms with Gasteiger partial charge in [-0.1, -0.05) is 36.9 Å². The van der Waals surface area contributed by atoms with Gasteiger partial charge in [0.15, 0.2) is 0 Å². The molecule has 0 radical (unpaired) electrons. The summed E-state index contributed by atoms with van der Waals surface area (Å²) < 4.78 is 0. The van der Waals surface area contributed by atoms with E-state index in [1.165, 1.54) is 32.1 Å². The molecule has 0 saturated heterocycles. The lowest BCUT2D eigenvalue weighted by Crippen LogP contribution is -2.18. The van der Waals surface area contributed by atoms with Gasteiger partial charge in [0.2, 0.25) is 5.91 Å². The maximum atomic E-state index is 11.9. The van der Waals surface area contributed by atoms with Crippen LogP contribution in [0.15, 0.2) is 18.2 Å². The van der Waals surface area contributed by atoms with Gasteiger partial charge in [0.05, 0.1) is 16.5 Å². The van der Waals surface area contributed by atoms with E-state index < -0.39 is 0 Å². The second-order valence-electron chi connectivity index (χ2n) is 5.10. The fraction of sp³-hybridized carbons (Fsp3) is 0.533. The van der Waals surface area contributed by atoms with E-state index in [-0.39, 0.29) is 5.91 Å². The summed E-state index contributed by atoms with van der Waals surface area (Å²) in [4.78, 5) is 11.9. The first-order valence-electron chi connectivity index (χ1n) is 6.83. The fourth-order valence-corrected chi connectivity index (χ4v) is 3.74. The molecule has 0 unspecified atom stereocenters. The third-order valence-corrected chi connectivity index (χ3v) is 5.09. The number of nitrogens with one attached hydrogen (secondary N) is 1. The molecule has 104 valence electrons. The number of hydrogen-bond acceptors (Lipinski definition) is 2. The zero-order chi connectivity index (χ0) is 13.7. The quantitative estimate of drug-likeness (QED) is 0.876. The van der Waals surface area contributed by atoms with Gasteiger partial charge in [-0.05, 0) is 37.5 Å². The van der Waals surface area contributed by atoms with Crippen LogP contribution in [0.25, 0.3) is 0 Å². The van der Waals surface area contributed by atoms with Crippen molar-refractivity contribution in [3.63, 3.8) is 0 Å². The van der Waals surface area contributed by atoms with Crippen LogP contribution in [0, 0.1) is 6.92 Å². The Morgan fingerprint density at radius 2 is 2.11 bits per heavy atom. The largest absolute Gasteiger partial charge is 0.324 e. The second kappa shape index (κ2) is 7.20. The number of carbonyl (C=O) groups is 1. The number of thioether (sulfide) groups is 1. The Hall–Kier alpha value is -0.670. The number of hydrogen-bond donors (Lipinski definition) is 1. The Morgan fingerprint density at radius 1 is 1.37 bits per heavy atom. The van der Waals surface area contributed by atoms with Crippen LogP contribution in [0.5, 0.6) is 0 Å². The standard InChI is InChI=1S/C15H20ClNOS/c1-11-7-8-14(13(16)9-11)17-15(18)10-19-12-5-3-2-4-6-12/h7-9,12H,2-6,10H2,1H3,(H,17,18). The third kappa shape index (κ3) is 4.73. The average molecular weight is 298 g/mol. The number of benzene rings is 1. The van der Waals surface area contributed by atoms with Crippen molar-refractivity contribution >= 4 is 35.0 Å². The molecule has 1 amide bonds. The van der Waals surface area contributed by atoms with Crippen molar-refractivity contribution in [2.24, 2.45) is 0 Å². The lowest BCUT2D eigenvalue weighted by atomic mass is 10.0. The van der Waals surface area contributed by atoms with Crippen molar-refractivity contribution in [2.45, 2.75) is 44.3 Å². The van der Waals surface area contributed by atoms with Crippen LogP contribution < -0.4 is 5.32 Å². The van der Waals surface area contributed by atoms with Crippen LogP contribution in [-0.2, 0) is 4.79 Å². The lowest BCUT2D eigenvalue weighted by Gasteiger charge is -2.20. The molecule has 1 aliphatic carbocycles. The van der Waals surface area contributed by atoms with E-state index in [1.54, 1.807) is 11.8 Å². The molecule has 0 heterocycles. The summed E-state index contributed by atoms with van der Waals surface area (Å²) in [5.41, 5.74) is 1.81. The third-order valence-electron chi connectivity index (χ3n) is 3.40. The molecule has 1 aliphatic rings. The van der Waals surface area contributed by atoms with Gasteiger partial charge in [0.1, 0.15) is 0 Å². The van der Waals surface area contributed by atoms with Gasteiger partial charge in [-0.25, -0.2) is 0 Å². The number of carbonyl (C=O) groups excluding carboxylic acids is 1. The number of halogens is 1. The molecule has 2 nitrogen and oxygen atoms in total. The first-order chi connectivity index (χ1) is 9.15. The molecule has 0 atom stereocenters. The van der Waals surface area contributed by atoms with Gasteiger partial charge < -0.3 is 5.32 Å². The van der Waals surface area contributed by atoms with E-state index in [0.717, 1.165) is 5.56 Å². The van der Waals surface area contributed by atoms with Crippen molar-refractivity contribution in [2.75, 3.05) is 11.1 Å². The topological polar surface area (TPSA) is 29.1 Å². The predicted octanol–water partition coefficient (Wildman–Crippen LogP) is 4.65. The predicted molar refractivity (Wildman–Crippen MR) is 84.1 cm³/mol. The summed E-state index contributed by atoms with van der Waals surface area (Å²) in [6, 6.07) is 5.68. The number of amides is 1. The Bertz CT molecular complexity index is 444. The van der Waals surface area contributed by atoms with Crippen molar-refractivity contribution in [1.29, 1.82) is 0 Å². The van der Waals surface area contributed by atoms with Gasteiger partial charge in [0, 0.05) is 5.25 Å². The Kier molecular flexibility index (Phi) is 5.59. The van der Waals surface area contributed by atoms with Gasteiger partial charge >= 0.3 is 0 Å². The maximum Gasteiger partial charge on any atom is 0.234 e. The minimum Gasteiger partial charge on any atom is -0.324 e. The molecule has 0 aromatic heterocycles. The van der Waals surface area contributed by atoms with E-state index in [9.17, 15) is 4.79 Å². The Morgan fingerprint density at radius 3 is 2.79 bits per heavy atom. The lowest BCUT2D eigenvalue weighted by molar-refractivity contribution is -0.113. The Labute approximate surface area is 124 Å². The van der Waals surface area contributed by atoms with Gasteiger partial charge in [-0.2, -0.15) is 0 Å². The van der Waals surface area contributed by atoms with Crippen molar-refractivity contribution in [1.82, 2.24) is 0 Å². The summed E-state index contributed by atoms with van der Waals surface area (Å²) >= 11 is 7.88. The number of rotatable bonds is 4. The summed E-state index contributed by atoms with van der Waals surface area (Å²) in [6.07, 6.45) is 6.47. The van der Waals surface area contributed by atoms with Crippen LogP contribution in [0.1, 0.15) is 37.7 Å². The van der Waals surface area contributed by atoms with Gasteiger partial charge in [-0.15, -0.1) is 11.8 Å². The monoisotopic (exact) mass is 297 g/mol. The zero-order valence-corrected chi connectivity index (χ0v) is 12.8. The molecule has 4 heteroatoms. The minimum atomic E-state index is 0.0429. The molecular formula is C15H20ClNOS. The number of aryl methyl sites for hydroxylation is 1. The number of anilines is 1. The highest BCUT2D eigenvalue weighted by molar-refractivity contribution is 8.00. The normalized spacial score (nSPS) is 16.3. The molecule has 0 aliphatic heterocycles. The SMILES string of the molecule is Cc1ccc(NC(=O)CSC2CCCCC2)c(Cl)c1. The first-order valence-corrected chi connectivity index (χ1v) is 8.25. The Balaban J connectivity index is 1.80. The maximum absolute atomic E-state index is 11.9. The summed E-state index contributed by atoms with van der Waals surface area (Å²) in [5, 5.41) is 4.15. The fourth-order valence-electron chi connectivity index (χ4n) is 2.33. The summed E-state index contributed by atoms with van der Waals surface area (Å²) in [7, 11) is 0. The molecule has 1 N–H and O–H groups in total. The molecule has 0 bridgehead atoms. The van der Waals surface area contributed by atoms with E-state index in [2.05, 4.69) is 5.32 Å². The first kappa shape index (κ1) is 14.7. The van der Waals surface area contributed by atoms with E-state index in [4.69, 9.17) is 11.6 Å². The van der Waals surface area contributed by atoms with Crippen LogP contribution >= 0.6 is 23.4 Å².